The molecule has 0 fully saturated rings. The second-order valence-electron chi connectivity index (χ2n) is 7.96. The molecule has 0 saturated heterocycles. The van der Waals surface area contributed by atoms with Gasteiger partial charge in [-0.15, -0.1) is 0 Å². The molecule has 29 heavy (non-hydrogen) atoms. The van der Waals surface area contributed by atoms with Gasteiger partial charge in [-0.1, -0.05) is 25.7 Å². The number of benzene rings is 2. The summed E-state index contributed by atoms with van der Waals surface area (Å²) in [4.78, 5) is 0. The molecule has 0 aliphatic heterocycles. The Morgan fingerprint density at radius 1 is 0.448 bits per heavy atom. The van der Waals surface area contributed by atoms with E-state index in [1.165, 1.54) is 49.7 Å². The van der Waals surface area contributed by atoms with E-state index in [1.54, 1.807) is 12.1 Å². The molecule has 0 bridgehead atoms. The molecule has 2 aromatic carbocycles. The Morgan fingerprint density at radius 3 is 1.17 bits per heavy atom. The van der Waals surface area contributed by atoms with Crippen LogP contribution >= 0.6 is 0 Å². The van der Waals surface area contributed by atoms with E-state index in [1.807, 2.05) is 24.3 Å². The van der Waals surface area contributed by atoms with Gasteiger partial charge in [-0.25, -0.2) is 0 Å². The maximum Gasteiger partial charge on any atom is 0.0466 e. The predicted molar refractivity (Wildman–Crippen MR) is 126 cm³/mol. The first kappa shape index (κ1) is 22.9. The van der Waals surface area contributed by atoms with Gasteiger partial charge in [0.05, 0.1) is 0 Å². The predicted octanol–water partition coefficient (Wildman–Crippen LogP) is 4.94. The fraction of sp³-hybridized carbons (Fsp3) is 0.500. The zero-order valence-electron chi connectivity index (χ0n) is 17.7. The lowest BCUT2D eigenvalue weighted by Crippen LogP contribution is -1.98. The van der Waals surface area contributed by atoms with Gasteiger partial charge >= 0.3 is 0 Å². The van der Waals surface area contributed by atoms with Crippen molar-refractivity contribution in [3.05, 3.63) is 47.5 Å². The third-order valence-corrected chi connectivity index (χ3v) is 5.08. The van der Waals surface area contributed by atoms with Crippen LogP contribution in [0.25, 0.3) is 0 Å². The molecule has 0 spiro atoms. The quantitative estimate of drug-likeness (QED) is 0.266. The number of aryl methyl sites for hydroxylation is 2. The SMILES string of the molecule is Nc1cc(N)cc(CCCCCCOCCCCCCc2cc(N)cc(N)c2)c1. The van der Waals surface area contributed by atoms with E-state index in [4.69, 9.17) is 27.7 Å². The van der Waals surface area contributed by atoms with E-state index in [2.05, 4.69) is 0 Å². The van der Waals surface area contributed by atoms with Crippen LogP contribution in [-0.4, -0.2) is 13.2 Å². The summed E-state index contributed by atoms with van der Waals surface area (Å²) in [6.45, 7) is 1.74. The number of rotatable bonds is 14. The normalized spacial score (nSPS) is 11.0. The number of unbranched alkanes of at least 4 members (excludes halogenated alkanes) is 6. The topological polar surface area (TPSA) is 113 Å². The minimum Gasteiger partial charge on any atom is -0.399 e. The highest BCUT2D eigenvalue weighted by atomic mass is 16.5. The van der Waals surface area contributed by atoms with E-state index in [-0.39, 0.29) is 0 Å². The standard InChI is InChI=1S/C24H38N4O/c25-21-13-19(14-22(26)17-21)9-5-1-3-7-11-29-12-8-4-2-6-10-20-15-23(27)18-24(28)16-20/h13-18H,1-12,25-28H2. The second kappa shape index (κ2) is 12.9. The summed E-state index contributed by atoms with van der Waals surface area (Å²) in [5.41, 5.74) is 28.8. The number of ether oxygens (including phenoxy) is 1. The average molecular weight is 399 g/mol. The first-order chi connectivity index (χ1) is 14.0. The highest BCUT2D eigenvalue weighted by Gasteiger charge is 1.99. The number of anilines is 4. The van der Waals surface area contributed by atoms with Crippen LogP contribution < -0.4 is 22.9 Å². The third kappa shape index (κ3) is 10.1. The Balaban J connectivity index is 1.38. The lowest BCUT2D eigenvalue weighted by atomic mass is 10.0. The van der Waals surface area contributed by atoms with E-state index >= 15 is 0 Å². The Kier molecular flexibility index (Phi) is 10.2. The Labute approximate surface area is 175 Å². The zero-order chi connectivity index (χ0) is 20.9. The van der Waals surface area contributed by atoms with Crippen LogP contribution in [0.1, 0.15) is 62.5 Å². The molecule has 0 aliphatic carbocycles. The maximum atomic E-state index is 5.83. The molecule has 0 unspecified atom stereocenters. The fourth-order valence-corrected chi connectivity index (χ4v) is 3.66. The number of nitrogen functional groups attached to an aromatic ring is 4. The van der Waals surface area contributed by atoms with Crippen LogP contribution in [0.15, 0.2) is 36.4 Å². The summed E-state index contributed by atoms with van der Waals surface area (Å²) >= 11 is 0. The molecule has 8 N–H and O–H groups in total. The van der Waals surface area contributed by atoms with Gasteiger partial charge in [0.1, 0.15) is 0 Å². The molecule has 0 heterocycles. The van der Waals surface area contributed by atoms with Crippen LogP contribution in [0.3, 0.4) is 0 Å². The van der Waals surface area contributed by atoms with Crippen molar-refractivity contribution < 1.29 is 4.74 Å². The minimum absolute atomic E-state index is 0.753. The summed E-state index contributed by atoms with van der Waals surface area (Å²) in [5.74, 6) is 0. The largest absolute Gasteiger partial charge is 0.399 e. The smallest absolute Gasteiger partial charge is 0.0466 e. The van der Waals surface area contributed by atoms with E-state index in [0.29, 0.717) is 0 Å². The molecule has 0 atom stereocenters. The highest BCUT2D eigenvalue weighted by Crippen LogP contribution is 2.17. The number of nitrogens with two attached hydrogens (primary N) is 4. The Bertz CT molecular complexity index is 631. The van der Waals surface area contributed by atoms with Crippen molar-refractivity contribution in [1.82, 2.24) is 0 Å². The van der Waals surface area contributed by atoms with Crippen molar-refractivity contribution in [3.63, 3.8) is 0 Å². The molecule has 160 valence electrons. The summed E-state index contributed by atoms with van der Waals surface area (Å²) in [6, 6.07) is 11.7. The van der Waals surface area contributed by atoms with E-state index < -0.39 is 0 Å². The molecule has 5 nitrogen and oxygen atoms in total. The second-order valence-corrected chi connectivity index (χ2v) is 7.96. The lowest BCUT2D eigenvalue weighted by molar-refractivity contribution is 0.125. The Morgan fingerprint density at radius 2 is 0.793 bits per heavy atom. The molecule has 0 aliphatic rings. The summed E-state index contributed by atoms with van der Waals surface area (Å²) in [5, 5.41) is 0. The third-order valence-electron chi connectivity index (χ3n) is 5.08. The molecule has 0 radical (unpaired) electrons. The summed E-state index contributed by atoms with van der Waals surface area (Å²) in [6.07, 6.45) is 11.5. The number of hydrogen-bond donors (Lipinski definition) is 4. The van der Waals surface area contributed by atoms with Crippen molar-refractivity contribution in [3.8, 4) is 0 Å². The van der Waals surface area contributed by atoms with Gasteiger partial charge in [0.15, 0.2) is 0 Å². The molecule has 0 aromatic heterocycles. The van der Waals surface area contributed by atoms with Gasteiger partial charge in [0.2, 0.25) is 0 Å². The van der Waals surface area contributed by atoms with Crippen molar-refractivity contribution in [2.75, 3.05) is 36.1 Å². The monoisotopic (exact) mass is 398 g/mol. The highest BCUT2D eigenvalue weighted by molar-refractivity contribution is 5.55. The van der Waals surface area contributed by atoms with Crippen molar-refractivity contribution >= 4 is 22.7 Å². The van der Waals surface area contributed by atoms with Crippen LogP contribution in [0.4, 0.5) is 22.7 Å². The summed E-state index contributed by atoms with van der Waals surface area (Å²) < 4.78 is 5.76. The molecule has 0 amide bonds. The molecule has 2 aromatic rings. The van der Waals surface area contributed by atoms with Gasteiger partial charge in [-0.2, -0.15) is 0 Å². The lowest BCUT2D eigenvalue weighted by Gasteiger charge is -2.07. The molecule has 2 rings (SSSR count). The van der Waals surface area contributed by atoms with Crippen LogP contribution in [0.2, 0.25) is 0 Å². The van der Waals surface area contributed by atoms with Crippen molar-refractivity contribution in [2.45, 2.75) is 64.2 Å². The van der Waals surface area contributed by atoms with Crippen LogP contribution in [0.5, 0.6) is 0 Å². The van der Waals surface area contributed by atoms with Gasteiger partial charge in [0.25, 0.3) is 0 Å². The summed E-state index contributed by atoms with van der Waals surface area (Å²) in [7, 11) is 0. The van der Waals surface area contributed by atoms with E-state index in [9.17, 15) is 0 Å². The Hall–Kier alpha value is -2.40. The molecular weight excluding hydrogens is 360 g/mol. The zero-order valence-corrected chi connectivity index (χ0v) is 17.7. The minimum atomic E-state index is 0.753. The van der Waals surface area contributed by atoms with E-state index in [0.717, 1.165) is 61.6 Å². The molecule has 5 heteroatoms. The van der Waals surface area contributed by atoms with Gasteiger partial charge in [-0.3, -0.25) is 0 Å². The van der Waals surface area contributed by atoms with Crippen molar-refractivity contribution in [2.24, 2.45) is 0 Å². The van der Waals surface area contributed by atoms with Gasteiger partial charge in [0, 0.05) is 36.0 Å². The van der Waals surface area contributed by atoms with Crippen LogP contribution in [-0.2, 0) is 17.6 Å². The molecule has 0 saturated carbocycles. The van der Waals surface area contributed by atoms with Gasteiger partial charge < -0.3 is 27.7 Å². The van der Waals surface area contributed by atoms with Gasteiger partial charge in [-0.05, 0) is 86.1 Å². The average Bonchev–Trinajstić information content (AvgIpc) is 2.64. The molecular formula is C24H38N4O. The first-order valence-electron chi connectivity index (χ1n) is 10.9. The first-order valence-corrected chi connectivity index (χ1v) is 10.9. The maximum absolute atomic E-state index is 5.83. The van der Waals surface area contributed by atoms with Crippen LogP contribution in [0, 0.1) is 0 Å². The van der Waals surface area contributed by atoms with Crippen molar-refractivity contribution in [1.29, 1.82) is 0 Å². The fourth-order valence-electron chi connectivity index (χ4n) is 3.66. The number of hydrogen-bond acceptors (Lipinski definition) is 5.